The number of nitrogens with one attached hydrogen (secondary N) is 1. The molecule has 2 heterocycles. The lowest BCUT2D eigenvalue weighted by Crippen LogP contribution is -2.15. The Hall–Kier alpha value is -2.92. The first-order valence-electron chi connectivity index (χ1n) is 12.8. The average molecular weight is 562 g/mol. The number of amides is 1. The molecule has 5 rings (SSSR count). The van der Waals surface area contributed by atoms with Crippen molar-refractivity contribution in [1.29, 1.82) is 0 Å². The fourth-order valence-electron chi connectivity index (χ4n) is 4.46. The van der Waals surface area contributed by atoms with E-state index in [-0.39, 0.29) is 28.6 Å². The smallest absolute Gasteiger partial charge is 0.257 e. The first-order valence-corrected chi connectivity index (χ1v) is 15.2. The van der Waals surface area contributed by atoms with Gasteiger partial charge in [-0.15, -0.1) is 0 Å². The van der Waals surface area contributed by atoms with Gasteiger partial charge in [-0.1, -0.05) is 42.9 Å². The van der Waals surface area contributed by atoms with Crippen molar-refractivity contribution >= 4 is 48.1 Å². The van der Waals surface area contributed by atoms with Crippen LogP contribution in [-0.2, 0) is 14.6 Å². The van der Waals surface area contributed by atoms with Gasteiger partial charge in [-0.3, -0.25) is 10.1 Å². The Bertz CT molecular complexity index is 1440. The lowest BCUT2D eigenvalue weighted by Gasteiger charge is -2.12. The fourth-order valence-corrected chi connectivity index (χ4v) is 6.94. The van der Waals surface area contributed by atoms with Crippen LogP contribution in [0.25, 0.3) is 15.9 Å². The number of sulfone groups is 1. The molecule has 2 aromatic heterocycles. The normalized spacial score (nSPS) is 22.1. The maximum Gasteiger partial charge on any atom is 0.257 e. The summed E-state index contributed by atoms with van der Waals surface area (Å²) in [6.07, 6.45) is 1.63. The van der Waals surface area contributed by atoms with Gasteiger partial charge in [0.05, 0.1) is 16.8 Å². The van der Waals surface area contributed by atoms with Gasteiger partial charge < -0.3 is 4.74 Å². The van der Waals surface area contributed by atoms with Crippen LogP contribution < -0.4 is 10.1 Å². The summed E-state index contributed by atoms with van der Waals surface area (Å²) in [6.45, 7) is 2.64. The van der Waals surface area contributed by atoms with Gasteiger partial charge >= 0.3 is 0 Å². The van der Waals surface area contributed by atoms with E-state index >= 15 is 0 Å². The molecule has 1 N–H and O–H groups in total. The number of thiazole rings is 1. The molecule has 11 heteroatoms. The van der Waals surface area contributed by atoms with Gasteiger partial charge in [-0.2, -0.15) is 0 Å². The van der Waals surface area contributed by atoms with Gasteiger partial charge in [0.1, 0.15) is 22.7 Å². The third-order valence-corrected chi connectivity index (χ3v) is 9.91. The maximum atomic E-state index is 13.9. The molecule has 1 amide bonds. The van der Waals surface area contributed by atoms with Crippen LogP contribution in [0.5, 0.6) is 5.88 Å². The van der Waals surface area contributed by atoms with Crippen molar-refractivity contribution in [3.8, 4) is 5.88 Å². The number of hydrogen-bond acceptors (Lipinski definition) is 7. The van der Waals surface area contributed by atoms with Crippen LogP contribution in [0, 0.1) is 5.92 Å². The highest BCUT2D eigenvalue weighted by atomic mass is 32.2. The zero-order valence-electron chi connectivity index (χ0n) is 20.9. The number of carbonyl (C=O) groups excluding carboxylic acids is 1. The fraction of sp³-hybridized carbons (Fsp3) is 0.444. The van der Waals surface area contributed by atoms with Crippen LogP contribution >= 0.6 is 11.3 Å². The lowest BCUT2D eigenvalue weighted by atomic mass is 9.98. The second-order valence-corrected chi connectivity index (χ2v) is 13.0. The average Bonchev–Trinajstić information content (AvgIpc) is 3.61. The van der Waals surface area contributed by atoms with E-state index in [1.165, 1.54) is 23.5 Å². The SMILES string of the molecule is CCCCOc1ccc2nc(NC(=O)C(=CC3C[C@@H](F)[C@@H](F)C3)c3ccc(S(=O)(=O)C4CC4)cc3)sc2n1. The number of benzene rings is 1. The summed E-state index contributed by atoms with van der Waals surface area (Å²) in [7, 11) is -3.38. The summed E-state index contributed by atoms with van der Waals surface area (Å²) in [4.78, 5) is 23.1. The first kappa shape index (κ1) is 26.7. The molecule has 0 bridgehead atoms. The number of anilines is 1. The van der Waals surface area contributed by atoms with Crippen molar-refractivity contribution in [2.24, 2.45) is 5.92 Å². The molecule has 3 aromatic rings. The van der Waals surface area contributed by atoms with E-state index in [9.17, 15) is 22.0 Å². The maximum absolute atomic E-state index is 13.9. The Morgan fingerprint density at radius 3 is 2.47 bits per heavy atom. The van der Waals surface area contributed by atoms with Crippen LogP contribution in [0.1, 0.15) is 51.0 Å². The summed E-state index contributed by atoms with van der Waals surface area (Å²) in [5, 5.41) is 2.76. The molecule has 1 aromatic carbocycles. The molecule has 2 aliphatic carbocycles. The summed E-state index contributed by atoms with van der Waals surface area (Å²) in [6, 6.07) is 9.59. The molecule has 3 atom stereocenters. The number of hydrogen-bond donors (Lipinski definition) is 1. The molecule has 0 saturated heterocycles. The number of allylic oxidation sites excluding steroid dienone is 1. The van der Waals surface area contributed by atoms with Gasteiger partial charge in [-0.05, 0) is 61.8 Å². The molecule has 2 aliphatic rings. The number of halogens is 2. The largest absolute Gasteiger partial charge is 0.478 e. The second-order valence-electron chi connectivity index (χ2n) is 9.76. The Morgan fingerprint density at radius 1 is 1.11 bits per heavy atom. The Balaban J connectivity index is 1.39. The van der Waals surface area contributed by atoms with Crippen LogP contribution in [0.4, 0.5) is 13.9 Å². The number of alkyl halides is 2. The van der Waals surface area contributed by atoms with Crippen molar-refractivity contribution in [1.82, 2.24) is 9.97 Å². The zero-order valence-corrected chi connectivity index (χ0v) is 22.5. The highest BCUT2D eigenvalue weighted by Crippen LogP contribution is 2.36. The molecular formula is C27H29F2N3O4S2. The molecule has 0 aliphatic heterocycles. The van der Waals surface area contributed by atoms with Crippen molar-refractivity contribution < 1.29 is 26.7 Å². The third-order valence-electron chi connectivity index (χ3n) is 6.75. The predicted octanol–water partition coefficient (Wildman–Crippen LogP) is 5.91. The van der Waals surface area contributed by atoms with E-state index in [0.717, 1.165) is 12.8 Å². The predicted molar refractivity (Wildman–Crippen MR) is 144 cm³/mol. The standard InChI is InChI=1S/C27H29F2N3O4S2/c1-2-3-12-36-24-11-10-23-26(31-24)37-27(30-23)32-25(33)20(13-16-14-21(28)22(29)15-16)17-4-6-18(7-5-17)38(34,35)19-8-9-19/h4-7,10-11,13,16,19,21-22H,2-3,8-9,12,14-15H2,1H3,(H,30,32,33)/t16?,21-,22+. The lowest BCUT2D eigenvalue weighted by molar-refractivity contribution is -0.111. The number of fused-ring (bicyclic) bond motifs is 1. The van der Waals surface area contributed by atoms with Crippen LogP contribution in [-0.4, -0.2) is 48.5 Å². The zero-order chi connectivity index (χ0) is 26.9. The highest BCUT2D eigenvalue weighted by Gasteiger charge is 2.37. The van der Waals surface area contributed by atoms with E-state index in [1.807, 2.05) is 0 Å². The Labute approximate surface area is 224 Å². The van der Waals surface area contributed by atoms with Crippen LogP contribution in [0.15, 0.2) is 47.4 Å². The number of rotatable bonds is 10. The Morgan fingerprint density at radius 2 is 1.82 bits per heavy atom. The number of carbonyl (C=O) groups is 1. The quantitative estimate of drug-likeness (QED) is 0.244. The molecule has 0 spiro atoms. The summed E-state index contributed by atoms with van der Waals surface area (Å²) in [5.74, 6) is -0.480. The number of aromatic nitrogens is 2. The molecular weight excluding hydrogens is 532 g/mol. The van der Waals surface area contributed by atoms with E-state index in [1.54, 1.807) is 30.3 Å². The van der Waals surface area contributed by atoms with E-state index < -0.39 is 34.0 Å². The van der Waals surface area contributed by atoms with Gasteiger partial charge in [0.25, 0.3) is 5.91 Å². The molecule has 202 valence electrons. The summed E-state index contributed by atoms with van der Waals surface area (Å²) >= 11 is 1.19. The number of nitrogens with zero attached hydrogens (tertiary/aromatic N) is 2. The second kappa shape index (κ2) is 11.1. The van der Waals surface area contributed by atoms with Gasteiger partial charge in [0.2, 0.25) is 5.88 Å². The van der Waals surface area contributed by atoms with E-state index in [4.69, 9.17) is 4.74 Å². The minimum atomic E-state index is -3.38. The van der Waals surface area contributed by atoms with Crippen LogP contribution in [0.3, 0.4) is 0 Å². The van der Waals surface area contributed by atoms with Gasteiger partial charge in [-0.25, -0.2) is 27.2 Å². The minimum Gasteiger partial charge on any atom is -0.478 e. The molecule has 1 unspecified atom stereocenters. The number of unbranched alkanes of at least 4 members (excludes halogenated alkanes) is 1. The topological polar surface area (TPSA) is 98.2 Å². The van der Waals surface area contributed by atoms with Crippen molar-refractivity contribution in [2.45, 2.75) is 67.9 Å². The number of ether oxygens (including phenoxy) is 1. The molecule has 2 saturated carbocycles. The van der Waals surface area contributed by atoms with E-state index in [0.29, 0.717) is 46.4 Å². The van der Waals surface area contributed by atoms with Crippen molar-refractivity contribution in [2.75, 3.05) is 11.9 Å². The minimum absolute atomic E-state index is 0.0159. The molecule has 0 radical (unpaired) electrons. The highest BCUT2D eigenvalue weighted by molar-refractivity contribution is 7.92. The van der Waals surface area contributed by atoms with Crippen molar-refractivity contribution in [3.63, 3.8) is 0 Å². The molecule has 7 nitrogen and oxygen atoms in total. The van der Waals surface area contributed by atoms with Gasteiger partial charge in [0, 0.05) is 11.6 Å². The monoisotopic (exact) mass is 561 g/mol. The van der Waals surface area contributed by atoms with E-state index in [2.05, 4.69) is 22.2 Å². The Kier molecular flexibility index (Phi) is 7.76. The van der Waals surface area contributed by atoms with Crippen LogP contribution in [0.2, 0.25) is 0 Å². The summed E-state index contributed by atoms with van der Waals surface area (Å²) < 4.78 is 58.6. The molecule has 2 fully saturated rings. The third kappa shape index (κ3) is 5.88. The van der Waals surface area contributed by atoms with Crippen molar-refractivity contribution in [3.05, 3.63) is 48.0 Å². The first-order chi connectivity index (χ1) is 18.2. The molecule has 38 heavy (non-hydrogen) atoms. The van der Waals surface area contributed by atoms with Gasteiger partial charge in [0.15, 0.2) is 15.0 Å². The summed E-state index contributed by atoms with van der Waals surface area (Å²) in [5.41, 5.74) is 1.27. The number of pyridine rings is 1.